The van der Waals surface area contributed by atoms with E-state index in [1.165, 1.54) is 29.2 Å². The van der Waals surface area contributed by atoms with Gasteiger partial charge in [-0.15, -0.1) is 0 Å². The number of fused-ring (bicyclic) bond motifs is 1. The number of likely N-dealkylation sites (N-methyl/N-ethyl adjacent to an activating group) is 1. The highest BCUT2D eigenvalue weighted by atomic mass is 32.2. The first-order chi connectivity index (χ1) is 10.3. The Morgan fingerprint density at radius 2 is 1.68 bits per heavy atom. The molecule has 1 aliphatic rings. The monoisotopic (exact) mass is 318 g/mol. The molecule has 0 bridgehead atoms. The van der Waals surface area contributed by atoms with Gasteiger partial charge in [0.25, 0.3) is 5.91 Å². The quantitative estimate of drug-likeness (QED) is 0.844. The van der Waals surface area contributed by atoms with Crippen LogP contribution in [0.2, 0.25) is 0 Å². The molecule has 0 aromatic heterocycles. The summed E-state index contributed by atoms with van der Waals surface area (Å²) >= 11 is 0. The van der Waals surface area contributed by atoms with Crippen molar-refractivity contribution in [1.29, 1.82) is 0 Å². The predicted octanol–water partition coefficient (Wildman–Crippen LogP) is 0.546. The van der Waals surface area contributed by atoms with E-state index >= 15 is 0 Å². The van der Waals surface area contributed by atoms with Crippen LogP contribution in [0.4, 0.5) is 5.69 Å². The Morgan fingerprint density at radius 3 is 2.27 bits per heavy atom. The van der Waals surface area contributed by atoms with E-state index in [1.807, 2.05) is 0 Å². The van der Waals surface area contributed by atoms with Crippen molar-refractivity contribution in [2.75, 3.05) is 11.9 Å². The first-order valence-electron chi connectivity index (χ1n) is 6.49. The van der Waals surface area contributed by atoms with Crippen LogP contribution in [0.25, 0.3) is 0 Å². The molecule has 0 saturated heterocycles. The minimum Gasteiger partial charge on any atom is -0.372 e. The SMILES string of the molecule is CN1C(=O)C(O)(c2ccc(S(N)(=O)=O)cc2)c2ccccc21. The lowest BCUT2D eigenvalue weighted by Crippen LogP contribution is -2.39. The third kappa shape index (κ3) is 1.94. The van der Waals surface area contributed by atoms with Crippen LogP contribution in [0.3, 0.4) is 0 Å². The molecular weight excluding hydrogens is 304 g/mol. The van der Waals surface area contributed by atoms with E-state index in [-0.39, 0.29) is 4.90 Å². The Kier molecular flexibility index (Phi) is 3.10. The highest BCUT2D eigenvalue weighted by molar-refractivity contribution is 7.89. The maximum atomic E-state index is 12.5. The van der Waals surface area contributed by atoms with Crippen molar-refractivity contribution in [2.24, 2.45) is 5.14 Å². The fourth-order valence-corrected chi connectivity index (χ4v) is 3.22. The van der Waals surface area contributed by atoms with Crippen molar-refractivity contribution in [1.82, 2.24) is 0 Å². The second kappa shape index (κ2) is 4.64. The van der Waals surface area contributed by atoms with Gasteiger partial charge in [0.15, 0.2) is 5.60 Å². The topological polar surface area (TPSA) is 101 Å². The van der Waals surface area contributed by atoms with Crippen molar-refractivity contribution < 1.29 is 18.3 Å². The maximum absolute atomic E-state index is 12.5. The molecule has 1 unspecified atom stereocenters. The van der Waals surface area contributed by atoms with E-state index in [1.54, 1.807) is 31.3 Å². The third-order valence-corrected chi connectivity index (χ3v) is 4.80. The molecule has 7 heteroatoms. The number of sulfonamides is 1. The fourth-order valence-electron chi connectivity index (χ4n) is 2.70. The average Bonchev–Trinajstić information content (AvgIpc) is 2.70. The molecule has 3 rings (SSSR count). The summed E-state index contributed by atoms with van der Waals surface area (Å²) in [6.07, 6.45) is 0. The number of para-hydroxylation sites is 1. The van der Waals surface area contributed by atoms with E-state index < -0.39 is 21.5 Å². The Hall–Kier alpha value is -2.22. The van der Waals surface area contributed by atoms with Gasteiger partial charge in [-0.2, -0.15) is 0 Å². The van der Waals surface area contributed by atoms with E-state index in [2.05, 4.69) is 0 Å². The maximum Gasteiger partial charge on any atom is 0.268 e. The van der Waals surface area contributed by atoms with Crippen molar-refractivity contribution in [3.63, 3.8) is 0 Å². The van der Waals surface area contributed by atoms with Crippen LogP contribution in [0.1, 0.15) is 11.1 Å². The van der Waals surface area contributed by atoms with Crippen LogP contribution in [0.5, 0.6) is 0 Å². The van der Waals surface area contributed by atoms with Crippen LogP contribution < -0.4 is 10.0 Å². The summed E-state index contributed by atoms with van der Waals surface area (Å²) < 4.78 is 22.6. The number of hydrogen-bond acceptors (Lipinski definition) is 4. The number of nitrogens with zero attached hydrogens (tertiary/aromatic N) is 1. The Bertz CT molecular complexity index is 861. The summed E-state index contributed by atoms with van der Waals surface area (Å²) in [5, 5.41) is 16.0. The Labute approximate surface area is 127 Å². The van der Waals surface area contributed by atoms with Gasteiger partial charge in [-0.25, -0.2) is 13.6 Å². The van der Waals surface area contributed by atoms with Crippen molar-refractivity contribution in [3.05, 3.63) is 59.7 Å². The largest absolute Gasteiger partial charge is 0.372 e. The van der Waals surface area contributed by atoms with Gasteiger partial charge in [0.05, 0.1) is 10.6 Å². The molecule has 0 radical (unpaired) electrons. The number of anilines is 1. The van der Waals surface area contributed by atoms with Crippen LogP contribution in [-0.4, -0.2) is 26.5 Å². The van der Waals surface area contributed by atoms with E-state index in [9.17, 15) is 18.3 Å². The van der Waals surface area contributed by atoms with Gasteiger partial charge in [-0.1, -0.05) is 30.3 Å². The molecule has 1 heterocycles. The summed E-state index contributed by atoms with van der Waals surface area (Å²) in [4.78, 5) is 13.8. The lowest BCUT2D eigenvalue weighted by molar-refractivity contribution is -0.131. The Morgan fingerprint density at radius 1 is 1.09 bits per heavy atom. The fraction of sp³-hybridized carbons (Fsp3) is 0.133. The number of carbonyl (C=O) groups is 1. The van der Waals surface area contributed by atoms with Gasteiger partial charge in [-0.3, -0.25) is 4.79 Å². The van der Waals surface area contributed by atoms with Gasteiger partial charge in [-0.05, 0) is 23.8 Å². The lowest BCUT2D eigenvalue weighted by atomic mass is 9.87. The van der Waals surface area contributed by atoms with Gasteiger partial charge in [0.1, 0.15) is 0 Å². The van der Waals surface area contributed by atoms with Gasteiger partial charge >= 0.3 is 0 Å². The standard InChI is InChI=1S/C15H14N2O4S/c1-17-13-5-3-2-4-12(13)15(19,14(17)18)10-6-8-11(9-7-10)22(16,20)21/h2-9,19H,1H3,(H2,16,20,21). The van der Waals surface area contributed by atoms with Crippen LogP contribution in [-0.2, 0) is 20.4 Å². The molecule has 1 amide bonds. The number of primary sulfonamides is 1. The predicted molar refractivity (Wildman–Crippen MR) is 80.7 cm³/mol. The first-order valence-corrected chi connectivity index (χ1v) is 8.04. The number of aliphatic hydroxyl groups is 1. The zero-order valence-electron chi connectivity index (χ0n) is 11.7. The summed E-state index contributed by atoms with van der Waals surface area (Å²) in [7, 11) is -2.24. The minimum atomic E-state index is -3.82. The second-order valence-corrected chi connectivity index (χ2v) is 6.72. The zero-order chi connectivity index (χ0) is 16.1. The van der Waals surface area contributed by atoms with Crippen molar-refractivity contribution >= 4 is 21.6 Å². The van der Waals surface area contributed by atoms with Gasteiger partial charge in [0.2, 0.25) is 10.0 Å². The molecule has 3 N–H and O–H groups in total. The molecule has 1 atom stereocenters. The number of rotatable bonds is 2. The highest BCUT2D eigenvalue weighted by Crippen LogP contribution is 2.43. The third-order valence-electron chi connectivity index (χ3n) is 3.87. The van der Waals surface area contributed by atoms with Crippen LogP contribution >= 0.6 is 0 Å². The summed E-state index contributed by atoms with van der Waals surface area (Å²) in [5.41, 5.74) is -0.458. The molecular formula is C15H14N2O4S. The molecule has 0 fully saturated rings. The van der Waals surface area contributed by atoms with Gasteiger partial charge in [0, 0.05) is 12.6 Å². The van der Waals surface area contributed by atoms with Crippen LogP contribution in [0.15, 0.2) is 53.4 Å². The van der Waals surface area contributed by atoms with E-state index in [0.717, 1.165) is 0 Å². The Balaban J connectivity index is 2.17. The van der Waals surface area contributed by atoms with E-state index in [0.29, 0.717) is 16.8 Å². The molecule has 114 valence electrons. The lowest BCUT2D eigenvalue weighted by Gasteiger charge is -2.22. The second-order valence-electron chi connectivity index (χ2n) is 5.16. The van der Waals surface area contributed by atoms with E-state index in [4.69, 9.17) is 5.14 Å². The summed E-state index contributed by atoms with van der Waals surface area (Å²) in [6.45, 7) is 0. The zero-order valence-corrected chi connectivity index (χ0v) is 12.5. The van der Waals surface area contributed by atoms with Crippen LogP contribution in [0, 0.1) is 0 Å². The van der Waals surface area contributed by atoms with Gasteiger partial charge < -0.3 is 10.0 Å². The number of hydrogen-bond donors (Lipinski definition) is 2. The minimum absolute atomic E-state index is 0.0769. The normalized spacial score (nSPS) is 21.0. The average molecular weight is 318 g/mol. The molecule has 0 spiro atoms. The van der Waals surface area contributed by atoms with Crippen molar-refractivity contribution in [3.8, 4) is 0 Å². The molecule has 2 aromatic rings. The number of benzene rings is 2. The molecule has 0 aliphatic carbocycles. The smallest absolute Gasteiger partial charge is 0.268 e. The molecule has 6 nitrogen and oxygen atoms in total. The molecule has 2 aromatic carbocycles. The number of amides is 1. The molecule has 1 aliphatic heterocycles. The summed E-state index contributed by atoms with van der Waals surface area (Å²) in [5.74, 6) is -0.489. The number of nitrogens with two attached hydrogens (primary N) is 1. The van der Waals surface area contributed by atoms with Crippen molar-refractivity contribution in [2.45, 2.75) is 10.5 Å². The summed E-state index contributed by atoms with van der Waals surface area (Å²) in [6, 6.07) is 12.3. The number of carbonyl (C=O) groups excluding carboxylic acids is 1. The first kappa shape index (κ1) is 14.7. The highest BCUT2D eigenvalue weighted by Gasteiger charge is 2.49. The molecule has 0 saturated carbocycles. The molecule has 22 heavy (non-hydrogen) atoms.